The molecule has 0 radical (unpaired) electrons. The van der Waals surface area contributed by atoms with Gasteiger partial charge in [-0.2, -0.15) is 39.5 Å². The Labute approximate surface area is 170 Å². The topological polar surface area (TPSA) is 67.3 Å². The van der Waals surface area contributed by atoms with Crippen molar-refractivity contribution >= 4 is 15.6 Å². The summed E-state index contributed by atoms with van der Waals surface area (Å²) in [5, 5.41) is 0. The van der Waals surface area contributed by atoms with E-state index in [1.54, 1.807) is 0 Å². The van der Waals surface area contributed by atoms with Gasteiger partial charge in [0, 0.05) is 32.1 Å². The molecule has 31 heavy (non-hydrogen) atoms. The standard InChI is InChI=1S/C16H15F9N2O3S/c1-4-31(29,30)11(8-27(2)3)12(28)10-6-5-9(7-26-10)13(17,18)14(19,20)15(21,22)16(23,24)25/h5-8H,4H2,1-3H3/b11-8+. The highest BCUT2D eigenvalue weighted by atomic mass is 32.2. The van der Waals surface area contributed by atoms with E-state index in [9.17, 15) is 52.7 Å². The van der Waals surface area contributed by atoms with Crippen molar-refractivity contribution in [1.82, 2.24) is 9.88 Å². The number of alkyl halides is 9. The van der Waals surface area contributed by atoms with E-state index in [1.807, 2.05) is 0 Å². The van der Waals surface area contributed by atoms with Gasteiger partial charge in [-0.3, -0.25) is 9.78 Å². The van der Waals surface area contributed by atoms with Crippen LogP contribution in [0.5, 0.6) is 0 Å². The minimum Gasteiger partial charge on any atom is -0.382 e. The molecule has 0 aliphatic heterocycles. The van der Waals surface area contributed by atoms with Gasteiger partial charge in [0.2, 0.25) is 5.78 Å². The first-order valence-corrected chi connectivity index (χ1v) is 9.71. The van der Waals surface area contributed by atoms with Gasteiger partial charge in [-0.1, -0.05) is 6.92 Å². The molecule has 1 aromatic heterocycles. The van der Waals surface area contributed by atoms with E-state index in [0.717, 1.165) is 11.1 Å². The fourth-order valence-corrected chi connectivity index (χ4v) is 3.14. The Morgan fingerprint density at radius 1 is 1.00 bits per heavy atom. The first-order chi connectivity index (χ1) is 13.7. The van der Waals surface area contributed by atoms with Crippen LogP contribution in [0.3, 0.4) is 0 Å². The molecular formula is C16H15F9N2O3S. The van der Waals surface area contributed by atoms with E-state index in [0.29, 0.717) is 6.07 Å². The highest BCUT2D eigenvalue weighted by Crippen LogP contribution is 2.56. The lowest BCUT2D eigenvalue weighted by Crippen LogP contribution is -2.59. The highest BCUT2D eigenvalue weighted by Gasteiger charge is 2.82. The fourth-order valence-electron chi connectivity index (χ4n) is 2.07. The Morgan fingerprint density at radius 2 is 1.52 bits per heavy atom. The smallest absolute Gasteiger partial charge is 0.382 e. The number of halogens is 9. The molecule has 0 unspecified atom stereocenters. The van der Waals surface area contributed by atoms with E-state index < -0.39 is 61.5 Å². The van der Waals surface area contributed by atoms with E-state index in [4.69, 9.17) is 0 Å². The zero-order chi connectivity index (χ0) is 24.6. The summed E-state index contributed by atoms with van der Waals surface area (Å²) in [5.41, 5.74) is -2.90. The predicted octanol–water partition coefficient (Wildman–Crippen LogP) is 4.03. The van der Waals surface area contributed by atoms with Gasteiger partial charge in [-0.15, -0.1) is 0 Å². The van der Waals surface area contributed by atoms with E-state index in [2.05, 4.69) is 4.98 Å². The third-order valence-electron chi connectivity index (χ3n) is 3.82. The lowest BCUT2D eigenvalue weighted by molar-refractivity contribution is -0.399. The molecular weight excluding hydrogens is 471 g/mol. The minimum atomic E-state index is -7.09. The Balaban J connectivity index is 3.45. The normalized spacial score (nSPS) is 14.5. The predicted molar refractivity (Wildman–Crippen MR) is 89.6 cm³/mol. The van der Waals surface area contributed by atoms with E-state index in [1.165, 1.54) is 21.0 Å². The number of ketones is 1. The van der Waals surface area contributed by atoms with Gasteiger partial charge in [0.05, 0.1) is 5.75 Å². The van der Waals surface area contributed by atoms with Crippen LogP contribution < -0.4 is 0 Å². The van der Waals surface area contributed by atoms with Gasteiger partial charge in [-0.05, 0) is 12.1 Å². The summed E-state index contributed by atoms with van der Waals surface area (Å²) < 4.78 is 141. The molecule has 5 nitrogen and oxygen atoms in total. The van der Waals surface area contributed by atoms with Gasteiger partial charge >= 0.3 is 23.9 Å². The molecule has 0 fully saturated rings. The Morgan fingerprint density at radius 3 is 1.87 bits per heavy atom. The van der Waals surface area contributed by atoms with Crippen LogP contribution in [0.1, 0.15) is 23.0 Å². The zero-order valence-electron chi connectivity index (χ0n) is 15.9. The second-order valence-corrected chi connectivity index (χ2v) is 8.59. The number of aromatic nitrogens is 1. The summed E-state index contributed by atoms with van der Waals surface area (Å²) in [6.07, 6.45) is -6.33. The third-order valence-corrected chi connectivity index (χ3v) is 5.54. The number of nitrogens with zero attached hydrogens (tertiary/aromatic N) is 2. The maximum atomic E-state index is 13.9. The largest absolute Gasteiger partial charge is 0.460 e. The maximum absolute atomic E-state index is 13.9. The van der Waals surface area contributed by atoms with Crippen molar-refractivity contribution in [1.29, 1.82) is 0 Å². The van der Waals surface area contributed by atoms with Crippen LogP contribution in [0, 0.1) is 0 Å². The number of pyridine rings is 1. The van der Waals surface area contributed by atoms with Crippen molar-refractivity contribution < 1.29 is 52.7 Å². The second kappa shape index (κ2) is 8.31. The second-order valence-electron chi connectivity index (χ2n) is 6.34. The molecule has 0 saturated carbocycles. The molecule has 0 aliphatic rings. The van der Waals surface area contributed by atoms with Crippen LogP contribution in [-0.2, 0) is 15.8 Å². The number of carbonyl (C=O) groups is 1. The van der Waals surface area contributed by atoms with Crippen molar-refractivity contribution in [3.05, 3.63) is 40.7 Å². The van der Waals surface area contributed by atoms with Crippen LogP contribution in [-0.4, -0.2) is 62.0 Å². The van der Waals surface area contributed by atoms with Gasteiger partial charge in [0.1, 0.15) is 10.6 Å². The zero-order valence-corrected chi connectivity index (χ0v) is 16.8. The van der Waals surface area contributed by atoms with Gasteiger partial charge in [0.25, 0.3) is 0 Å². The first kappa shape index (κ1) is 26.7. The summed E-state index contributed by atoms with van der Waals surface area (Å²) in [6, 6.07) is 0.286. The summed E-state index contributed by atoms with van der Waals surface area (Å²) in [4.78, 5) is 15.8. The molecule has 1 rings (SSSR count). The summed E-state index contributed by atoms with van der Waals surface area (Å²) in [6.45, 7) is 1.19. The SMILES string of the molecule is CCS(=O)(=O)/C(=C/N(C)C)C(=O)c1ccc(C(F)(F)C(F)(F)C(F)(F)C(F)(F)F)cn1. The van der Waals surface area contributed by atoms with E-state index >= 15 is 0 Å². The molecule has 0 spiro atoms. The average molecular weight is 486 g/mol. The van der Waals surface area contributed by atoms with Crippen LogP contribution in [0.15, 0.2) is 29.4 Å². The average Bonchev–Trinajstić information content (AvgIpc) is 2.64. The molecule has 1 heterocycles. The molecule has 0 amide bonds. The third kappa shape index (κ3) is 4.80. The number of rotatable bonds is 8. The maximum Gasteiger partial charge on any atom is 0.460 e. The molecule has 0 N–H and O–H groups in total. The van der Waals surface area contributed by atoms with Gasteiger partial charge in [-0.25, -0.2) is 8.42 Å². The number of Topliss-reactive ketones (excluding diaryl/α,β-unsaturated/α-hetero) is 1. The van der Waals surface area contributed by atoms with Crippen molar-refractivity contribution in [3.63, 3.8) is 0 Å². The summed E-state index contributed by atoms with van der Waals surface area (Å²) in [7, 11) is -1.47. The molecule has 15 heteroatoms. The number of allylic oxidation sites excluding steroid dienone is 1. The molecule has 1 aromatic rings. The van der Waals surface area contributed by atoms with Gasteiger partial charge in [0.15, 0.2) is 9.84 Å². The lowest BCUT2D eigenvalue weighted by atomic mass is 9.97. The van der Waals surface area contributed by atoms with Crippen LogP contribution in [0.25, 0.3) is 0 Å². The molecule has 176 valence electrons. The summed E-state index contributed by atoms with van der Waals surface area (Å²) >= 11 is 0. The molecule has 0 atom stereocenters. The van der Waals surface area contributed by atoms with Crippen LogP contribution >= 0.6 is 0 Å². The lowest BCUT2D eigenvalue weighted by Gasteiger charge is -2.33. The highest BCUT2D eigenvalue weighted by molar-refractivity contribution is 7.96. The number of sulfone groups is 1. The molecule has 0 saturated heterocycles. The van der Waals surface area contributed by atoms with Crippen LogP contribution in [0.4, 0.5) is 39.5 Å². The number of carbonyl (C=O) groups excluding carboxylic acids is 1. The first-order valence-electron chi connectivity index (χ1n) is 8.06. The number of hydrogen-bond acceptors (Lipinski definition) is 5. The van der Waals surface area contributed by atoms with Crippen LogP contribution in [0.2, 0.25) is 0 Å². The van der Waals surface area contributed by atoms with Crippen molar-refractivity contribution in [2.75, 3.05) is 19.8 Å². The van der Waals surface area contributed by atoms with Crippen molar-refractivity contribution in [2.45, 2.75) is 30.9 Å². The fraction of sp³-hybridized carbons (Fsp3) is 0.500. The Bertz CT molecular complexity index is 954. The summed E-state index contributed by atoms with van der Waals surface area (Å²) in [5.74, 6) is -21.9. The Kier molecular flexibility index (Phi) is 7.17. The van der Waals surface area contributed by atoms with Crippen molar-refractivity contribution in [2.24, 2.45) is 0 Å². The van der Waals surface area contributed by atoms with E-state index in [-0.39, 0.29) is 12.3 Å². The Hall–Kier alpha value is -2.32. The number of hydrogen-bond donors (Lipinski definition) is 0. The van der Waals surface area contributed by atoms with Crippen molar-refractivity contribution in [3.8, 4) is 0 Å². The minimum absolute atomic E-state index is 0.0214. The molecule has 0 bridgehead atoms. The quantitative estimate of drug-likeness (QED) is 0.316. The molecule has 0 aliphatic carbocycles. The monoisotopic (exact) mass is 486 g/mol. The molecule has 0 aromatic carbocycles. The van der Waals surface area contributed by atoms with Gasteiger partial charge < -0.3 is 4.90 Å².